The maximum absolute atomic E-state index is 12.1. The quantitative estimate of drug-likeness (QED) is 0.875. The number of carboxylic acid groups (broad SMARTS) is 1. The van der Waals surface area contributed by atoms with Gasteiger partial charge in [-0.1, -0.05) is 11.6 Å². The first kappa shape index (κ1) is 14.2. The number of nitrogens with zero attached hydrogens (tertiary/aromatic N) is 2. The number of nitrogens with one attached hydrogen (secondary N) is 1. The van der Waals surface area contributed by atoms with Crippen molar-refractivity contribution >= 4 is 29.3 Å². The van der Waals surface area contributed by atoms with E-state index in [0.29, 0.717) is 35.7 Å². The first-order valence-electron chi connectivity index (χ1n) is 6.03. The molecule has 2 N–H and O–H groups in total. The molecule has 2 amide bonds. The molecule has 0 unspecified atom stereocenters. The van der Waals surface area contributed by atoms with Crippen molar-refractivity contribution in [2.24, 2.45) is 0 Å². The smallest absolute Gasteiger partial charge is 0.326 e. The highest BCUT2D eigenvalue weighted by atomic mass is 35.5. The van der Waals surface area contributed by atoms with Gasteiger partial charge in [0.1, 0.15) is 6.04 Å². The molecule has 0 saturated carbocycles. The number of carboxylic acids is 1. The molecule has 104 valence electrons. The number of carbonyl (C=O) groups is 2. The molecule has 20 heavy (non-hydrogen) atoms. The maximum atomic E-state index is 12.1. The van der Waals surface area contributed by atoms with Crippen molar-refractivity contribution in [2.45, 2.75) is 18.9 Å². The molecule has 2 rings (SSSR count). The van der Waals surface area contributed by atoms with Crippen molar-refractivity contribution in [3.8, 4) is 6.07 Å². The highest BCUT2D eigenvalue weighted by molar-refractivity contribution is 6.33. The molecule has 1 aliphatic heterocycles. The van der Waals surface area contributed by atoms with Crippen LogP contribution in [-0.2, 0) is 4.79 Å². The van der Waals surface area contributed by atoms with Gasteiger partial charge in [0.25, 0.3) is 0 Å². The van der Waals surface area contributed by atoms with E-state index >= 15 is 0 Å². The average Bonchev–Trinajstić information content (AvgIpc) is 2.90. The molecule has 1 heterocycles. The largest absolute Gasteiger partial charge is 0.480 e. The van der Waals surface area contributed by atoms with Crippen LogP contribution in [0.15, 0.2) is 18.2 Å². The summed E-state index contributed by atoms with van der Waals surface area (Å²) in [5.74, 6) is -1.02. The van der Waals surface area contributed by atoms with E-state index < -0.39 is 18.0 Å². The molecule has 0 aliphatic carbocycles. The molecule has 1 saturated heterocycles. The van der Waals surface area contributed by atoms with Gasteiger partial charge in [-0.2, -0.15) is 5.26 Å². The Hall–Kier alpha value is -2.26. The van der Waals surface area contributed by atoms with Crippen LogP contribution in [-0.4, -0.2) is 34.6 Å². The second kappa shape index (κ2) is 5.80. The number of hydrogen-bond acceptors (Lipinski definition) is 3. The van der Waals surface area contributed by atoms with E-state index in [0.717, 1.165) is 0 Å². The zero-order valence-electron chi connectivity index (χ0n) is 10.5. The molecule has 6 nitrogen and oxygen atoms in total. The summed E-state index contributed by atoms with van der Waals surface area (Å²) in [6.45, 7) is 0.387. The van der Waals surface area contributed by atoms with Crippen LogP contribution in [0.2, 0.25) is 5.02 Å². The Morgan fingerprint density at radius 2 is 2.25 bits per heavy atom. The third kappa shape index (κ3) is 2.83. The molecule has 0 aromatic heterocycles. The predicted octanol–water partition coefficient (Wildman–Crippen LogP) is 2.29. The van der Waals surface area contributed by atoms with Gasteiger partial charge in [0.05, 0.1) is 22.3 Å². The molecule has 1 aromatic rings. The lowest BCUT2D eigenvalue weighted by Crippen LogP contribution is -2.42. The Balaban J connectivity index is 2.16. The summed E-state index contributed by atoms with van der Waals surface area (Å²) in [7, 11) is 0. The van der Waals surface area contributed by atoms with Gasteiger partial charge in [-0.3, -0.25) is 0 Å². The van der Waals surface area contributed by atoms with Crippen LogP contribution in [0.1, 0.15) is 18.4 Å². The van der Waals surface area contributed by atoms with Crippen LogP contribution in [0.5, 0.6) is 0 Å². The van der Waals surface area contributed by atoms with Gasteiger partial charge in [0.15, 0.2) is 0 Å². The van der Waals surface area contributed by atoms with E-state index in [9.17, 15) is 9.59 Å². The first-order valence-corrected chi connectivity index (χ1v) is 6.41. The Morgan fingerprint density at radius 3 is 2.90 bits per heavy atom. The van der Waals surface area contributed by atoms with Crippen molar-refractivity contribution in [3.63, 3.8) is 0 Å². The minimum Gasteiger partial charge on any atom is -0.480 e. The summed E-state index contributed by atoms with van der Waals surface area (Å²) in [5.41, 5.74) is 0.660. The van der Waals surface area contributed by atoms with E-state index in [2.05, 4.69) is 5.32 Å². The van der Waals surface area contributed by atoms with Crippen molar-refractivity contribution in [3.05, 3.63) is 28.8 Å². The first-order chi connectivity index (χ1) is 9.52. The molecule has 0 radical (unpaired) electrons. The van der Waals surface area contributed by atoms with E-state index in [1.54, 1.807) is 0 Å². The Labute approximate surface area is 120 Å². The number of halogens is 1. The summed E-state index contributed by atoms with van der Waals surface area (Å²) in [5, 5.41) is 20.7. The van der Waals surface area contributed by atoms with Gasteiger partial charge < -0.3 is 15.3 Å². The lowest BCUT2D eigenvalue weighted by atomic mass is 10.2. The van der Waals surface area contributed by atoms with Gasteiger partial charge in [0.2, 0.25) is 0 Å². The molecule has 1 aliphatic rings. The predicted molar refractivity (Wildman–Crippen MR) is 72.5 cm³/mol. The Morgan fingerprint density at radius 1 is 1.50 bits per heavy atom. The SMILES string of the molecule is N#Cc1ccc(Cl)c(NC(=O)N2CCC[C@H]2C(=O)O)c1. The third-order valence-electron chi connectivity index (χ3n) is 3.14. The lowest BCUT2D eigenvalue weighted by molar-refractivity contribution is -0.141. The second-order valence-corrected chi connectivity index (χ2v) is 4.83. The fraction of sp³-hybridized carbons (Fsp3) is 0.308. The van der Waals surface area contributed by atoms with E-state index in [1.807, 2.05) is 6.07 Å². The summed E-state index contributed by atoms with van der Waals surface area (Å²) in [6.07, 6.45) is 1.09. The number of benzene rings is 1. The normalized spacial score (nSPS) is 17.6. The van der Waals surface area contributed by atoms with Gasteiger partial charge in [0, 0.05) is 6.54 Å². The number of anilines is 1. The van der Waals surface area contributed by atoms with Crippen molar-refractivity contribution < 1.29 is 14.7 Å². The summed E-state index contributed by atoms with van der Waals surface area (Å²) in [4.78, 5) is 24.4. The van der Waals surface area contributed by atoms with Crippen molar-refractivity contribution in [1.82, 2.24) is 4.90 Å². The van der Waals surface area contributed by atoms with E-state index in [-0.39, 0.29) is 0 Å². The van der Waals surface area contributed by atoms with Crippen LogP contribution >= 0.6 is 11.6 Å². The van der Waals surface area contributed by atoms with Gasteiger partial charge in [-0.05, 0) is 31.0 Å². The zero-order valence-corrected chi connectivity index (χ0v) is 11.2. The minimum atomic E-state index is -1.02. The maximum Gasteiger partial charge on any atom is 0.326 e. The standard InChI is InChI=1S/C13H12ClN3O3/c14-9-4-3-8(7-15)6-10(9)16-13(20)17-5-1-2-11(17)12(18)19/h3-4,6,11H,1-2,5H2,(H,16,20)(H,18,19)/t11-/m0/s1. The molecular formula is C13H12ClN3O3. The molecule has 0 spiro atoms. The van der Waals surface area contributed by atoms with Crippen molar-refractivity contribution in [2.75, 3.05) is 11.9 Å². The minimum absolute atomic E-state index is 0.295. The fourth-order valence-electron chi connectivity index (χ4n) is 2.14. The highest BCUT2D eigenvalue weighted by Crippen LogP contribution is 2.25. The van der Waals surface area contributed by atoms with Crippen LogP contribution < -0.4 is 5.32 Å². The number of rotatable bonds is 2. The van der Waals surface area contributed by atoms with Crippen molar-refractivity contribution in [1.29, 1.82) is 5.26 Å². The number of carbonyl (C=O) groups excluding carboxylic acids is 1. The average molecular weight is 294 g/mol. The van der Waals surface area contributed by atoms with Crippen LogP contribution in [0.3, 0.4) is 0 Å². The number of urea groups is 1. The van der Waals surface area contributed by atoms with E-state index in [1.165, 1.54) is 23.1 Å². The van der Waals surface area contributed by atoms with Crippen LogP contribution in [0, 0.1) is 11.3 Å². The number of hydrogen-bond donors (Lipinski definition) is 2. The molecule has 1 aromatic carbocycles. The molecule has 0 bridgehead atoms. The van der Waals surface area contributed by atoms with Gasteiger partial charge in [-0.25, -0.2) is 9.59 Å². The Bertz CT molecular complexity index is 597. The number of likely N-dealkylation sites (tertiary alicyclic amines) is 1. The summed E-state index contributed by atoms with van der Waals surface area (Å²) >= 11 is 5.94. The molecule has 1 fully saturated rings. The topological polar surface area (TPSA) is 93.4 Å². The van der Waals surface area contributed by atoms with Gasteiger partial charge in [-0.15, -0.1) is 0 Å². The van der Waals surface area contributed by atoms with Gasteiger partial charge >= 0.3 is 12.0 Å². The Kier molecular flexibility index (Phi) is 4.11. The fourth-order valence-corrected chi connectivity index (χ4v) is 2.31. The van der Waals surface area contributed by atoms with E-state index in [4.69, 9.17) is 22.0 Å². The van der Waals surface area contributed by atoms with Crippen LogP contribution in [0.25, 0.3) is 0 Å². The zero-order chi connectivity index (χ0) is 14.7. The molecule has 7 heteroatoms. The lowest BCUT2D eigenvalue weighted by Gasteiger charge is -2.22. The number of aliphatic carboxylic acids is 1. The summed E-state index contributed by atoms with van der Waals surface area (Å²) in [6, 6.07) is 5.11. The van der Waals surface area contributed by atoms with Crippen LogP contribution in [0.4, 0.5) is 10.5 Å². The molecular weight excluding hydrogens is 282 g/mol. The number of amides is 2. The number of nitriles is 1. The monoisotopic (exact) mass is 293 g/mol. The molecule has 1 atom stereocenters. The summed E-state index contributed by atoms with van der Waals surface area (Å²) < 4.78 is 0. The second-order valence-electron chi connectivity index (χ2n) is 4.43. The third-order valence-corrected chi connectivity index (χ3v) is 3.47. The highest BCUT2D eigenvalue weighted by Gasteiger charge is 2.34.